The second-order valence-corrected chi connectivity index (χ2v) is 6.61. The van der Waals surface area contributed by atoms with Crippen LogP contribution in [0.5, 0.6) is 0 Å². The van der Waals surface area contributed by atoms with Crippen molar-refractivity contribution in [1.29, 1.82) is 0 Å². The molecule has 7 heteroatoms. The van der Waals surface area contributed by atoms with E-state index in [1.807, 2.05) is 6.92 Å². The zero-order valence-electron chi connectivity index (χ0n) is 12.5. The van der Waals surface area contributed by atoms with E-state index >= 15 is 0 Å². The average molecular weight is 310 g/mol. The molecule has 1 unspecified atom stereocenters. The Morgan fingerprint density at radius 1 is 1.43 bits per heavy atom. The molecule has 2 aliphatic carbocycles. The third kappa shape index (κ3) is 3.40. The Morgan fingerprint density at radius 2 is 2.19 bits per heavy atom. The molecule has 0 bridgehead atoms. The van der Waals surface area contributed by atoms with Gasteiger partial charge in [-0.1, -0.05) is 11.8 Å². The Balaban J connectivity index is 1.65. The van der Waals surface area contributed by atoms with Crippen molar-refractivity contribution >= 4 is 17.7 Å². The molecule has 0 aliphatic heterocycles. The van der Waals surface area contributed by atoms with Gasteiger partial charge in [-0.15, -0.1) is 10.2 Å². The van der Waals surface area contributed by atoms with Crippen LogP contribution in [0.2, 0.25) is 0 Å². The van der Waals surface area contributed by atoms with E-state index < -0.39 is 0 Å². The molecule has 0 saturated heterocycles. The van der Waals surface area contributed by atoms with E-state index in [9.17, 15) is 4.79 Å². The van der Waals surface area contributed by atoms with Gasteiger partial charge in [0.1, 0.15) is 11.9 Å². The van der Waals surface area contributed by atoms with Crippen molar-refractivity contribution in [2.75, 3.05) is 19.4 Å². The first-order valence-electron chi connectivity index (χ1n) is 7.66. The van der Waals surface area contributed by atoms with Crippen molar-refractivity contribution in [3.05, 3.63) is 5.82 Å². The summed E-state index contributed by atoms with van der Waals surface area (Å²) in [6.45, 7) is 2.23. The number of ether oxygens (including phenoxy) is 1. The molecular weight excluding hydrogens is 288 g/mol. The summed E-state index contributed by atoms with van der Waals surface area (Å²) in [5.74, 6) is 2.17. The predicted molar refractivity (Wildman–Crippen MR) is 80.5 cm³/mol. The van der Waals surface area contributed by atoms with Gasteiger partial charge >= 0.3 is 5.97 Å². The standard InChI is InChI=1S/C14H22N4O2S/c1-3-20-13(19)11(15-2)8-21-14-17-16-12(9-4-5-9)18(14)10-6-7-10/h9-11,15H,3-8H2,1-2H3. The molecule has 0 aromatic carbocycles. The molecule has 0 radical (unpaired) electrons. The summed E-state index contributed by atoms with van der Waals surface area (Å²) in [6, 6.07) is 0.275. The first-order chi connectivity index (χ1) is 10.2. The minimum absolute atomic E-state index is 0.201. The highest BCUT2D eigenvalue weighted by atomic mass is 32.2. The normalized spacial score (nSPS) is 19.5. The Kier molecular flexibility index (Phi) is 4.49. The SMILES string of the molecule is CCOC(=O)C(CSc1nnc(C2CC2)n1C1CC1)NC. The molecule has 21 heavy (non-hydrogen) atoms. The van der Waals surface area contributed by atoms with Gasteiger partial charge in [0.15, 0.2) is 5.16 Å². The number of carbonyl (C=O) groups is 1. The molecule has 0 amide bonds. The molecule has 1 heterocycles. The minimum atomic E-state index is -0.302. The number of nitrogens with zero attached hydrogens (tertiary/aromatic N) is 3. The number of hydrogen-bond donors (Lipinski definition) is 1. The van der Waals surface area contributed by atoms with Gasteiger partial charge in [0.25, 0.3) is 0 Å². The minimum Gasteiger partial charge on any atom is -0.465 e. The number of nitrogens with one attached hydrogen (secondary N) is 1. The maximum absolute atomic E-state index is 11.8. The molecule has 2 saturated carbocycles. The monoisotopic (exact) mass is 310 g/mol. The lowest BCUT2D eigenvalue weighted by molar-refractivity contribution is -0.144. The highest BCUT2D eigenvalue weighted by Gasteiger charge is 2.36. The van der Waals surface area contributed by atoms with Gasteiger partial charge in [-0.2, -0.15) is 0 Å². The summed E-state index contributed by atoms with van der Waals surface area (Å²) in [5, 5.41) is 12.7. The first kappa shape index (κ1) is 14.8. The largest absolute Gasteiger partial charge is 0.465 e. The Morgan fingerprint density at radius 3 is 2.76 bits per heavy atom. The molecule has 1 N–H and O–H groups in total. The van der Waals surface area contributed by atoms with E-state index in [1.54, 1.807) is 18.8 Å². The summed E-state index contributed by atoms with van der Waals surface area (Å²) in [7, 11) is 1.78. The summed E-state index contributed by atoms with van der Waals surface area (Å²) in [4.78, 5) is 11.8. The summed E-state index contributed by atoms with van der Waals surface area (Å²) >= 11 is 1.59. The van der Waals surface area contributed by atoms with Crippen LogP contribution in [0.3, 0.4) is 0 Å². The lowest BCUT2D eigenvalue weighted by Crippen LogP contribution is -2.37. The van der Waals surface area contributed by atoms with E-state index in [0.29, 0.717) is 24.3 Å². The molecule has 116 valence electrons. The second kappa shape index (κ2) is 6.36. The molecule has 6 nitrogen and oxygen atoms in total. The van der Waals surface area contributed by atoms with Crippen LogP contribution in [0.15, 0.2) is 5.16 Å². The van der Waals surface area contributed by atoms with Gasteiger partial charge in [0.2, 0.25) is 0 Å². The maximum atomic E-state index is 11.8. The molecular formula is C14H22N4O2S. The van der Waals surface area contributed by atoms with E-state index in [1.165, 1.54) is 25.7 Å². The summed E-state index contributed by atoms with van der Waals surface area (Å²) in [6.07, 6.45) is 4.91. The Labute approximate surface area is 129 Å². The smallest absolute Gasteiger partial charge is 0.323 e. The van der Waals surface area contributed by atoms with E-state index in [0.717, 1.165) is 11.0 Å². The van der Waals surface area contributed by atoms with E-state index in [2.05, 4.69) is 20.1 Å². The Bertz CT molecular complexity index is 511. The van der Waals surface area contributed by atoms with Crippen molar-refractivity contribution in [2.45, 2.75) is 55.8 Å². The summed E-state index contributed by atoms with van der Waals surface area (Å²) in [5.41, 5.74) is 0. The lowest BCUT2D eigenvalue weighted by atomic mass is 10.3. The van der Waals surface area contributed by atoms with E-state index in [4.69, 9.17) is 4.74 Å². The average Bonchev–Trinajstić information content (AvgIpc) is 3.39. The number of thioether (sulfide) groups is 1. The molecule has 0 spiro atoms. The Hall–Kier alpha value is -1.08. The second-order valence-electron chi connectivity index (χ2n) is 5.62. The van der Waals surface area contributed by atoms with Crippen LogP contribution < -0.4 is 5.32 Å². The molecule has 1 aromatic rings. The molecule has 1 aromatic heterocycles. The lowest BCUT2D eigenvalue weighted by Gasteiger charge is -2.14. The van der Waals surface area contributed by atoms with Crippen LogP contribution in [0.1, 0.15) is 50.4 Å². The van der Waals surface area contributed by atoms with Crippen LogP contribution in [-0.4, -0.2) is 46.2 Å². The quantitative estimate of drug-likeness (QED) is 0.582. The van der Waals surface area contributed by atoms with Crippen molar-refractivity contribution in [3.63, 3.8) is 0 Å². The highest BCUT2D eigenvalue weighted by molar-refractivity contribution is 7.99. The van der Waals surface area contributed by atoms with Crippen LogP contribution in [0.25, 0.3) is 0 Å². The van der Waals surface area contributed by atoms with Gasteiger partial charge in [0, 0.05) is 17.7 Å². The fourth-order valence-corrected chi connectivity index (χ4v) is 3.45. The zero-order valence-corrected chi connectivity index (χ0v) is 13.4. The van der Waals surface area contributed by atoms with Crippen LogP contribution >= 0.6 is 11.8 Å². The van der Waals surface area contributed by atoms with Gasteiger partial charge in [0.05, 0.1) is 6.61 Å². The van der Waals surface area contributed by atoms with Gasteiger partial charge in [-0.25, -0.2) is 0 Å². The van der Waals surface area contributed by atoms with Crippen molar-refractivity contribution in [2.24, 2.45) is 0 Å². The van der Waals surface area contributed by atoms with Crippen molar-refractivity contribution in [1.82, 2.24) is 20.1 Å². The van der Waals surface area contributed by atoms with E-state index in [-0.39, 0.29) is 12.0 Å². The molecule has 2 fully saturated rings. The molecule has 2 aliphatic rings. The number of likely N-dealkylation sites (N-methyl/N-ethyl adjacent to an activating group) is 1. The third-order valence-corrected chi connectivity index (χ3v) is 4.88. The van der Waals surface area contributed by atoms with Crippen LogP contribution in [0, 0.1) is 0 Å². The first-order valence-corrected chi connectivity index (χ1v) is 8.64. The summed E-state index contributed by atoms with van der Waals surface area (Å²) < 4.78 is 7.37. The highest BCUT2D eigenvalue weighted by Crippen LogP contribution is 2.46. The number of aromatic nitrogens is 3. The van der Waals surface area contributed by atoms with Crippen LogP contribution in [-0.2, 0) is 9.53 Å². The predicted octanol–water partition coefficient (Wildman–Crippen LogP) is 1.73. The maximum Gasteiger partial charge on any atom is 0.323 e. The van der Waals surface area contributed by atoms with Gasteiger partial charge < -0.3 is 14.6 Å². The van der Waals surface area contributed by atoms with Crippen molar-refractivity contribution in [3.8, 4) is 0 Å². The zero-order chi connectivity index (χ0) is 14.8. The van der Waals surface area contributed by atoms with Crippen molar-refractivity contribution < 1.29 is 9.53 Å². The van der Waals surface area contributed by atoms with Crippen LogP contribution in [0.4, 0.5) is 0 Å². The fourth-order valence-electron chi connectivity index (χ4n) is 2.35. The topological polar surface area (TPSA) is 69.0 Å². The molecule has 3 rings (SSSR count). The number of hydrogen-bond acceptors (Lipinski definition) is 6. The number of esters is 1. The number of rotatable bonds is 8. The van der Waals surface area contributed by atoms with Gasteiger partial charge in [-0.3, -0.25) is 4.79 Å². The molecule has 1 atom stereocenters. The number of carbonyl (C=O) groups excluding carboxylic acids is 1. The fraction of sp³-hybridized carbons (Fsp3) is 0.786. The third-order valence-electron chi connectivity index (χ3n) is 3.84. The van der Waals surface area contributed by atoms with Gasteiger partial charge in [-0.05, 0) is 39.7 Å².